The molecule has 102 valence electrons. The first kappa shape index (κ1) is 13.9. The Kier molecular flexibility index (Phi) is 3.13. The van der Waals surface area contributed by atoms with Crippen LogP contribution in [0.1, 0.15) is 19.4 Å². The fourth-order valence-corrected chi connectivity index (χ4v) is 2.22. The quantitative estimate of drug-likeness (QED) is 0.706. The fourth-order valence-electron chi connectivity index (χ4n) is 2.04. The summed E-state index contributed by atoms with van der Waals surface area (Å²) in [6, 6.07) is 4.41. The van der Waals surface area contributed by atoms with E-state index in [9.17, 15) is 18.0 Å². The maximum Gasteiger partial charge on any atom is 0.471 e. The van der Waals surface area contributed by atoms with Crippen molar-refractivity contribution in [3.05, 3.63) is 34.9 Å². The first-order valence-electron chi connectivity index (χ1n) is 5.53. The molecule has 0 unspecified atom stereocenters. The zero-order chi connectivity index (χ0) is 14.4. The SMILES string of the molecule is CC1(C)C=Cc2cc(Cl)ccc2N1C(=O)C(F)(F)F. The van der Waals surface area contributed by atoms with E-state index < -0.39 is 17.6 Å². The van der Waals surface area contributed by atoms with Gasteiger partial charge in [-0.05, 0) is 37.6 Å². The highest BCUT2D eigenvalue weighted by Crippen LogP contribution is 2.38. The third-order valence-electron chi connectivity index (χ3n) is 2.92. The molecule has 1 aliphatic rings. The lowest BCUT2D eigenvalue weighted by Gasteiger charge is -2.40. The van der Waals surface area contributed by atoms with Gasteiger partial charge in [0.25, 0.3) is 0 Å². The number of benzene rings is 1. The van der Waals surface area contributed by atoms with Crippen molar-refractivity contribution >= 4 is 29.3 Å². The number of nitrogens with zero attached hydrogens (tertiary/aromatic N) is 1. The number of fused-ring (bicyclic) bond motifs is 1. The maximum atomic E-state index is 12.7. The minimum atomic E-state index is -4.92. The van der Waals surface area contributed by atoms with Crippen LogP contribution >= 0.6 is 11.6 Å². The number of carbonyl (C=O) groups excluding carboxylic acids is 1. The molecule has 0 spiro atoms. The van der Waals surface area contributed by atoms with Crippen molar-refractivity contribution in [1.82, 2.24) is 0 Å². The number of hydrogen-bond acceptors (Lipinski definition) is 1. The van der Waals surface area contributed by atoms with Gasteiger partial charge in [-0.3, -0.25) is 9.69 Å². The maximum absolute atomic E-state index is 12.7. The smallest absolute Gasteiger partial charge is 0.295 e. The van der Waals surface area contributed by atoms with E-state index in [0.717, 1.165) is 4.90 Å². The standard InChI is InChI=1S/C13H11ClF3NO/c1-12(2)6-5-8-7-9(14)3-4-10(8)18(12)11(19)13(15,16)17/h3-7H,1-2H3. The van der Waals surface area contributed by atoms with Gasteiger partial charge in [-0.25, -0.2) is 0 Å². The molecule has 0 N–H and O–H groups in total. The molecule has 0 aliphatic carbocycles. The highest BCUT2D eigenvalue weighted by molar-refractivity contribution is 6.31. The van der Waals surface area contributed by atoms with E-state index in [1.54, 1.807) is 26.0 Å². The summed E-state index contributed by atoms with van der Waals surface area (Å²) in [6.07, 6.45) is -1.70. The molecule has 0 aromatic heterocycles. The van der Waals surface area contributed by atoms with E-state index in [4.69, 9.17) is 11.6 Å². The molecule has 2 rings (SSSR count). The van der Waals surface area contributed by atoms with Gasteiger partial charge in [0.2, 0.25) is 0 Å². The number of anilines is 1. The number of halogens is 4. The highest BCUT2D eigenvalue weighted by Gasteiger charge is 2.48. The molecule has 0 fully saturated rings. The molecular weight excluding hydrogens is 279 g/mol. The van der Waals surface area contributed by atoms with Crippen molar-refractivity contribution in [2.45, 2.75) is 25.6 Å². The van der Waals surface area contributed by atoms with Crippen molar-refractivity contribution in [2.75, 3.05) is 4.90 Å². The topological polar surface area (TPSA) is 20.3 Å². The molecule has 1 aromatic rings. The van der Waals surface area contributed by atoms with Gasteiger partial charge in [0, 0.05) is 5.02 Å². The van der Waals surface area contributed by atoms with Crippen LogP contribution in [0.2, 0.25) is 5.02 Å². The van der Waals surface area contributed by atoms with E-state index in [1.165, 1.54) is 18.2 Å². The average molecular weight is 290 g/mol. The molecule has 19 heavy (non-hydrogen) atoms. The van der Waals surface area contributed by atoms with Crippen molar-refractivity contribution in [2.24, 2.45) is 0 Å². The van der Waals surface area contributed by atoms with Gasteiger partial charge in [0.15, 0.2) is 0 Å². The van der Waals surface area contributed by atoms with Gasteiger partial charge in [0.1, 0.15) is 0 Å². The van der Waals surface area contributed by atoms with Crippen LogP contribution in [0, 0.1) is 0 Å². The van der Waals surface area contributed by atoms with E-state index in [1.807, 2.05) is 0 Å². The normalized spacial score (nSPS) is 17.3. The molecule has 0 atom stereocenters. The fraction of sp³-hybridized carbons (Fsp3) is 0.308. The lowest BCUT2D eigenvalue weighted by atomic mass is 9.93. The van der Waals surface area contributed by atoms with Crippen molar-refractivity contribution in [3.63, 3.8) is 0 Å². The summed E-state index contributed by atoms with van der Waals surface area (Å²) in [4.78, 5) is 12.4. The number of rotatable bonds is 0. The van der Waals surface area contributed by atoms with Crippen LogP contribution < -0.4 is 4.90 Å². The third-order valence-corrected chi connectivity index (χ3v) is 3.16. The Morgan fingerprint density at radius 1 is 1.32 bits per heavy atom. The van der Waals surface area contributed by atoms with Crippen LogP contribution in [0.3, 0.4) is 0 Å². The van der Waals surface area contributed by atoms with Gasteiger partial charge in [-0.15, -0.1) is 0 Å². The minimum Gasteiger partial charge on any atom is -0.295 e. The van der Waals surface area contributed by atoms with E-state index in [0.29, 0.717) is 10.6 Å². The van der Waals surface area contributed by atoms with Crippen LogP contribution in [0.25, 0.3) is 6.08 Å². The van der Waals surface area contributed by atoms with Gasteiger partial charge in [0.05, 0.1) is 11.2 Å². The summed E-state index contributed by atoms with van der Waals surface area (Å²) < 4.78 is 38.1. The van der Waals surface area contributed by atoms with Crippen molar-refractivity contribution in [1.29, 1.82) is 0 Å². The van der Waals surface area contributed by atoms with E-state index in [2.05, 4.69) is 0 Å². The monoisotopic (exact) mass is 289 g/mol. The van der Waals surface area contributed by atoms with Crippen LogP contribution in [-0.4, -0.2) is 17.6 Å². The first-order valence-corrected chi connectivity index (χ1v) is 5.91. The molecular formula is C13H11ClF3NO. The summed E-state index contributed by atoms with van der Waals surface area (Å²) in [5.41, 5.74) is -0.350. The molecule has 1 heterocycles. The summed E-state index contributed by atoms with van der Waals surface area (Å²) in [5, 5.41) is 0.405. The third kappa shape index (κ3) is 2.47. The van der Waals surface area contributed by atoms with Gasteiger partial charge in [-0.2, -0.15) is 13.2 Å². The molecule has 0 saturated carbocycles. The van der Waals surface area contributed by atoms with Crippen LogP contribution in [0.5, 0.6) is 0 Å². The van der Waals surface area contributed by atoms with Crippen LogP contribution in [-0.2, 0) is 4.79 Å². The summed E-state index contributed by atoms with van der Waals surface area (Å²) in [7, 11) is 0. The Morgan fingerprint density at radius 3 is 2.53 bits per heavy atom. The van der Waals surface area contributed by atoms with Crippen molar-refractivity contribution < 1.29 is 18.0 Å². The predicted molar refractivity (Wildman–Crippen MR) is 68.1 cm³/mol. The molecule has 0 radical (unpaired) electrons. The number of amides is 1. The number of carbonyl (C=O) groups is 1. The Morgan fingerprint density at radius 2 is 1.95 bits per heavy atom. The van der Waals surface area contributed by atoms with Gasteiger partial charge < -0.3 is 0 Å². The first-order chi connectivity index (χ1) is 8.63. The predicted octanol–water partition coefficient (Wildman–Crippen LogP) is 4.04. The number of hydrogen-bond donors (Lipinski definition) is 0. The molecule has 1 amide bonds. The Labute approximate surface area is 113 Å². The Bertz CT molecular complexity index is 563. The van der Waals surface area contributed by atoms with Gasteiger partial charge in [-0.1, -0.05) is 23.8 Å². The summed E-state index contributed by atoms with van der Waals surface area (Å²) in [6.45, 7) is 3.09. The molecule has 1 aliphatic heterocycles. The summed E-state index contributed by atoms with van der Waals surface area (Å²) in [5.74, 6) is -1.88. The Balaban J connectivity index is 2.59. The number of alkyl halides is 3. The second-order valence-electron chi connectivity index (χ2n) is 4.83. The van der Waals surface area contributed by atoms with Crippen LogP contribution in [0.4, 0.5) is 18.9 Å². The van der Waals surface area contributed by atoms with Crippen LogP contribution in [0.15, 0.2) is 24.3 Å². The van der Waals surface area contributed by atoms with Gasteiger partial charge >= 0.3 is 12.1 Å². The molecule has 0 saturated heterocycles. The van der Waals surface area contributed by atoms with E-state index in [-0.39, 0.29) is 5.69 Å². The van der Waals surface area contributed by atoms with E-state index >= 15 is 0 Å². The lowest BCUT2D eigenvalue weighted by Crippen LogP contribution is -2.53. The molecule has 1 aromatic carbocycles. The average Bonchev–Trinajstić information content (AvgIpc) is 2.27. The largest absolute Gasteiger partial charge is 0.471 e. The molecule has 0 bridgehead atoms. The Hall–Kier alpha value is -1.49. The zero-order valence-corrected chi connectivity index (χ0v) is 11.0. The second-order valence-corrected chi connectivity index (χ2v) is 5.26. The summed E-state index contributed by atoms with van der Waals surface area (Å²) >= 11 is 5.81. The minimum absolute atomic E-state index is 0.208. The molecule has 2 nitrogen and oxygen atoms in total. The lowest BCUT2D eigenvalue weighted by molar-refractivity contribution is -0.171. The second kappa shape index (κ2) is 4.27. The zero-order valence-electron chi connectivity index (χ0n) is 10.3. The molecule has 6 heteroatoms. The highest BCUT2D eigenvalue weighted by atomic mass is 35.5. The van der Waals surface area contributed by atoms with Crippen molar-refractivity contribution in [3.8, 4) is 0 Å².